The normalized spacial score (nSPS) is 10.8. The number of hydrogen-bond donors (Lipinski definition) is 1. The maximum Gasteiger partial charge on any atom is 0.322 e. The van der Waals surface area contributed by atoms with Crippen molar-refractivity contribution in [1.82, 2.24) is 9.80 Å². The number of nitrogens with zero attached hydrogens (tertiary/aromatic N) is 2. The first-order valence-corrected chi connectivity index (χ1v) is 12.2. The molecule has 33 heavy (non-hydrogen) atoms. The fourth-order valence-electron chi connectivity index (χ4n) is 3.61. The molecule has 0 unspecified atom stereocenters. The predicted octanol–water partition coefficient (Wildman–Crippen LogP) is 6.08. The molecule has 174 valence electrons. The first-order chi connectivity index (χ1) is 15.8. The van der Waals surface area contributed by atoms with Crippen LogP contribution in [0.3, 0.4) is 0 Å². The summed E-state index contributed by atoms with van der Waals surface area (Å²) in [5.74, 6) is 0.176. The molecule has 0 aliphatic heterocycles. The smallest absolute Gasteiger partial charge is 0.322 e. The standard InChI is InChI=1S/C27H33N3O2S/c1-20(2)16-30(27(32)28-24-13-9-8-10-21(24)3)19-26(31)29(17-23-11-6-5-7-12-23)18-25-22(4)14-15-33-25/h5-15,20H,16-19H2,1-4H3,(H,28,32). The van der Waals surface area contributed by atoms with Crippen molar-refractivity contribution in [1.29, 1.82) is 0 Å². The van der Waals surface area contributed by atoms with Crippen LogP contribution in [-0.4, -0.2) is 34.8 Å². The first kappa shape index (κ1) is 24.5. The summed E-state index contributed by atoms with van der Waals surface area (Å²) in [6.45, 7) is 9.70. The van der Waals surface area contributed by atoms with E-state index in [2.05, 4.69) is 37.5 Å². The third-order valence-corrected chi connectivity index (χ3v) is 6.46. The van der Waals surface area contributed by atoms with Crippen molar-refractivity contribution in [2.24, 2.45) is 5.92 Å². The van der Waals surface area contributed by atoms with Gasteiger partial charge in [0.2, 0.25) is 5.91 Å². The zero-order chi connectivity index (χ0) is 23.8. The average Bonchev–Trinajstić information content (AvgIpc) is 3.19. The SMILES string of the molecule is Cc1ccccc1NC(=O)N(CC(=O)N(Cc1ccccc1)Cc1sccc1C)CC(C)C. The molecule has 0 saturated heterocycles. The number of carbonyl (C=O) groups excluding carboxylic acids is 2. The molecule has 0 fully saturated rings. The van der Waals surface area contributed by atoms with Crippen molar-refractivity contribution in [2.75, 3.05) is 18.4 Å². The van der Waals surface area contributed by atoms with Crippen LogP contribution in [0.5, 0.6) is 0 Å². The second-order valence-corrected chi connectivity index (χ2v) is 9.78. The second-order valence-electron chi connectivity index (χ2n) is 8.78. The lowest BCUT2D eigenvalue weighted by Crippen LogP contribution is -2.45. The highest BCUT2D eigenvalue weighted by atomic mass is 32.1. The summed E-state index contributed by atoms with van der Waals surface area (Å²) in [7, 11) is 0. The lowest BCUT2D eigenvalue weighted by molar-refractivity contribution is -0.133. The van der Waals surface area contributed by atoms with E-state index in [9.17, 15) is 9.59 Å². The topological polar surface area (TPSA) is 52.7 Å². The Morgan fingerprint density at radius 2 is 1.58 bits per heavy atom. The van der Waals surface area contributed by atoms with Gasteiger partial charge < -0.3 is 15.1 Å². The molecule has 0 atom stereocenters. The Labute approximate surface area is 201 Å². The van der Waals surface area contributed by atoms with Gasteiger partial charge in [-0.2, -0.15) is 0 Å². The molecule has 0 radical (unpaired) electrons. The lowest BCUT2D eigenvalue weighted by Gasteiger charge is -2.29. The summed E-state index contributed by atoms with van der Waals surface area (Å²) in [4.78, 5) is 31.3. The number of para-hydroxylation sites is 1. The Bertz CT molecular complexity index is 1060. The Hall–Kier alpha value is -3.12. The largest absolute Gasteiger partial charge is 0.332 e. The highest BCUT2D eigenvalue weighted by Crippen LogP contribution is 2.20. The summed E-state index contributed by atoms with van der Waals surface area (Å²) < 4.78 is 0. The van der Waals surface area contributed by atoms with E-state index in [1.165, 1.54) is 10.4 Å². The second kappa shape index (κ2) is 11.7. The van der Waals surface area contributed by atoms with E-state index in [4.69, 9.17) is 0 Å². The van der Waals surface area contributed by atoms with Crippen LogP contribution in [0.2, 0.25) is 0 Å². The van der Waals surface area contributed by atoms with Gasteiger partial charge in [-0.25, -0.2) is 4.79 Å². The van der Waals surface area contributed by atoms with Crippen molar-refractivity contribution in [3.8, 4) is 0 Å². The molecular formula is C27H33N3O2S. The molecule has 3 amide bonds. The molecule has 1 aromatic heterocycles. The molecule has 0 saturated carbocycles. The number of rotatable bonds is 9. The van der Waals surface area contributed by atoms with E-state index in [0.29, 0.717) is 19.6 Å². The van der Waals surface area contributed by atoms with Crippen LogP contribution in [0, 0.1) is 19.8 Å². The van der Waals surface area contributed by atoms with Crippen molar-refractivity contribution >= 4 is 29.0 Å². The molecule has 6 heteroatoms. The zero-order valence-electron chi connectivity index (χ0n) is 19.9. The van der Waals surface area contributed by atoms with Crippen LogP contribution in [0.25, 0.3) is 0 Å². The summed E-state index contributed by atoms with van der Waals surface area (Å²) in [5, 5.41) is 5.03. The van der Waals surface area contributed by atoms with Crippen LogP contribution >= 0.6 is 11.3 Å². The average molecular weight is 464 g/mol. The van der Waals surface area contributed by atoms with E-state index in [-0.39, 0.29) is 24.4 Å². The highest BCUT2D eigenvalue weighted by molar-refractivity contribution is 7.10. The van der Waals surface area contributed by atoms with Crippen molar-refractivity contribution in [3.05, 3.63) is 87.6 Å². The third kappa shape index (κ3) is 7.19. The molecule has 0 spiro atoms. The van der Waals surface area contributed by atoms with Gasteiger partial charge in [-0.05, 0) is 54.0 Å². The molecule has 5 nitrogen and oxygen atoms in total. The van der Waals surface area contributed by atoms with Gasteiger partial charge in [0.1, 0.15) is 6.54 Å². The van der Waals surface area contributed by atoms with Gasteiger partial charge >= 0.3 is 6.03 Å². The molecule has 1 N–H and O–H groups in total. The van der Waals surface area contributed by atoms with Crippen LogP contribution in [0.15, 0.2) is 66.0 Å². The van der Waals surface area contributed by atoms with E-state index < -0.39 is 0 Å². The highest BCUT2D eigenvalue weighted by Gasteiger charge is 2.23. The lowest BCUT2D eigenvalue weighted by atomic mass is 10.2. The fourth-order valence-corrected chi connectivity index (χ4v) is 4.53. The zero-order valence-corrected chi connectivity index (χ0v) is 20.7. The van der Waals surface area contributed by atoms with Gasteiger partial charge in [-0.15, -0.1) is 11.3 Å². The summed E-state index contributed by atoms with van der Waals surface area (Å²) in [5.41, 5.74) is 4.00. The van der Waals surface area contributed by atoms with Gasteiger partial charge in [-0.1, -0.05) is 62.4 Å². The number of nitrogens with one attached hydrogen (secondary N) is 1. The number of benzene rings is 2. The van der Waals surface area contributed by atoms with Gasteiger partial charge in [0.15, 0.2) is 0 Å². The number of anilines is 1. The van der Waals surface area contributed by atoms with E-state index in [1.807, 2.05) is 66.4 Å². The summed E-state index contributed by atoms with van der Waals surface area (Å²) in [6.07, 6.45) is 0. The number of carbonyl (C=O) groups is 2. The third-order valence-electron chi connectivity index (χ3n) is 5.46. The Morgan fingerprint density at radius 3 is 2.21 bits per heavy atom. The molecule has 0 aliphatic carbocycles. The maximum absolute atomic E-state index is 13.5. The maximum atomic E-state index is 13.5. The van der Waals surface area contributed by atoms with Gasteiger partial charge in [0, 0.05) is 23.7 Å². The minimum absolute atomic E-state index is 0.0349. The number of aryl methyl sites for hydroxylation is 2. The van der Waals surface area contributed by atoms with Crippen LogP contribution in [0.4, 0.5) is 10.5 Å². The Kier molecular flexibility index (Phi) is 8.66. The fraction of sp³-hybridized carbons (Fsp3) is 0.333. The summed E-state index contributed by atoms with van der Waals surface area (Å²) in [6, 6.07) is 19.5. The van der Waals surface area contributed by atoms with E-state index in [1.54, 1.807) is 16.2 Å². The number of thiophene rings is 1. The van der Waals surface area contributed by atoms with E-state index in [0.717, 1.165) is 16.8 Å². The number of urea groups is 1. The van der Waals surface area contributed by atoms with Gasteiger partial charge in [-0.3, -0.25) is 4.79 Å². The van der Waals surface area contributed by atoms with Crippen LogP contribution in [0.1, 0.15) is 35.4 Å². The quantitative estimate of drug-likeness (QED) is 0.418. The van der Waals surface area contributed by atoms with Gasteiger partial charge in [0.25, 0.3) is 0 Å². The monoisotopic (exact) mass is 463 g/mol. The minimum Gasteiger partial charge on any atom is -0.332 e. The molecule has 3 rings (SSSR count). The van der Waals surface area contributed by atoms with Crippen molar-refractivity contribution < 1.29 is 9.59 Å². The molecular weight excluding hydrogens is 430 g/mol. The molecule has 3 aromatic rings. The molecule has 2 aromatic carbocycles. The predicted molar refractivity (Wildman–Crippen MR) is 136 cm³/mol. The Morgan fingerprint density at radius 1 is 0.879 bits per heavy atom. The van der Waals surface area contributed by atoms with E-state index >= 15 is 0 Å². The van der Waals surface area contributed by atoms with Crippen molar-refractivity contribution in [3.63, 3.8) is 0 Å². The Balaban J connectivity index is 1.78. The summed E-state index contributed by atoms with van der Waals surface area (Å²) >= 11 is 1.66. The molecule has 1 heterocycles. The molecule has 0 bridgehead atoms. The number of hydrogen-bond acceptors (Lipinski definition) is 3. The minimum atomic E-state index is -0.252. The molecule has 0 aliphatic rings. The number of amides is 3. The van der Waals surface area contributed by atoms with Crippen LogP contribution in [-0.2, 0) is 17.9 Å². The van der Waals surface area contributed by atoms with Crippen LogP contribution < -0.4 is 5.32 Å². The van der Waals surface area contributed by atoms with Gasteiger partial charge in [0.05, 0.1) is 6.54 Å². The van der Waals surface area contributed by atoms with Crippen molar-refractivity contribution in [2.45, 2.75) is 40.8 Å². The first-order valence-electron chi connectivity index (χ1n) is 11.3.